The molecule has 5 atom stereocenters. The van der Waals surface area contributed by atoms with Gasteiger partial charge in [-0.1, -0.05) is 60.5 Å². The van der Waals surface area contributed by atoms with Crippen LogP contribution in [0.5, 0.6) is 11.5 Å². The molecule has 302 valence electrons. The molecular weight excluding hydrogens is 747 g/mol. The minimum absolute atomic E-state index is 0.0262. The zero-order valence-electron chi connectivity index (χ0n) is 33.4. The molecule has 1 fully saturated rings. The minimum atomic E-state index is -1.86. The van der Waals surface area contributed by atoms with Crippen LogP contribution in [-0.2, 0) is 28.9 Å². The van der Waals surface area contributed by atoms with Crippen molar-refractivity contribution in [1.29, 1.82) is 5.26 Å². The maximum Gasteiger partial charge on any atom is 0.330 e. The van der Waals surface area contributed by atoms with Gasteiger partial charge >= 0.3 is 5.69 Å². The highest BCUT2D eigenvalue weighted by Crippen LogP contribution is 2.51. The van der Waals surface area contributed by atoms with E-state index in [0.717, 1.165) is 16.7 Å². The van der Waals surface area contributed by atoms with E-state index in [1.807, 2.05) is 107 Å². The van der Waals surface area contributed by atoms with Gasteiger partial charge in [0.2, 0.25) is 0 Å². The summed E-state index contributed by atoms with van der Waals surface area (Å²) in [6, 6.07) is 27.2. The van der Waals surface area contributed by atoms with Gasteiger partial charge in [-0.15, -0.1) is 6.42 Å². The van der Waals surface area contributed by atoms with Crippen molar-refractivity contribution in [2.45, 2.75) is 83.3 Å². The summed E-state index contributed by atoms with van der Waals surface area (Å²) in [5.41, 5.74) is 0.290. The third-order valence-corrected chi connectivity index (χ3v) is 11.7. The lowest BCUT2D eigenvalue weighted by atomic mass is 9.80. The summed E-state index contributed by atoms with van der Waals surface area (Å²) < 4.78 is 48.0. The van der Waals surface area contributed by atoms with E-state index in [2.05, 4.69) is 21.6 Å². The van der Waals surface area contributed by atoms with E-state index in [1.54, 1.807) is 21.1 Å². The first-order valence-corrected chi connectivity index (χ1v) is 19.9. The van der Waals surface area contributed by atoms with Crippen LogP contribution in [-0.4, -0.2) is 78.7 Å². The van der Waals surface area contributed by atoms with Crippen molar-refractivity contribution >= 4 is 8.53 Å². The molecule has 1 unspecified atom stereocenters. The molecule has 1 N–H and O–H groups in total. The highest BCUT2D eigenvalue weighted by molar-refractivity contribution is 7.44. The predicted molar refractivity (Wildman–Crippen MR) is 217 cm³/mol. The predicted octanol–water partition coefficient (Wildman–Crippen LogP) is 6.45. The average molecular weight is 799 g/mol. The van der Waals surface area contributed by atoms with Gasteiger partial charge in [0, 0.05) is 23.8 Å². The molecule has 2 heterocycles. The summed E-state index contributed by atoms with van der Waals surface area (Å²) in [5, 5.41) is 9.36. The highest BCUT2D eigenvalue weighted by Gasteiger charge is 2.51. The standard InChI is InChI=1S/C43H51N4O9P/c1-9-25-52-38-37(28-53-43(32-14-11-10-12-15-32,33-16-20-35(50-7)21-17-33)34-18-22-36(51-8)23-19-34)55-41(46-27-31(6)40(48)45-42(46)49)39(38)56-57(54-26-13-24-44)47(29(2)3)30(4)5/h1,10-12,14-23,27,29-30,37-39,41H,13,25-26,28H2,2-8H3,(H,45,48,49)/t37-,38-,39-,41-,57?/m1/s1. The molecule has 1 aliphatic rings. The number of aryl methyl sites for hydroxylation is 1. The monoisotopic (exact) mass is 798 g/mol. The molecule has 5 rings (SSSR count). The fourth-order valence-corrected chi connectivity index (χ4v) is 8.72. The Morgan fingerprint density at radius 1 is 0.912 bits per heavy atom. The molecule has 0 bridgehead atoms. The second-order valence-electron chi connectivity index (χ2n) is 14.0. The van der Waals surface area contributed by atoms with Gasteiger partial charge in [-0.3, -0.25) is 14.3 Å². The second kappa shape index (κ2) is 20.0. The van der Waals surface area contributed by atoms with Crippen molar-refractivity contribution in [3.63, 3.8) is 0 Å². The molecule has 57 heavy (non-hydrogen) atoms. The largest absolute Gasteiger partial charge is 0.497 e. The number of aromatic amines is 1. The van der Waals surface area contributed by atoms with Gasteiger partial charge < -0.3 is 32.7 Å². The van der Waals surface area contributed by atoms with Crippen molar-refractivity contribution in [3.05, 3.63) is 128 Å². The number of rotatable bonds is 19. The van der Waals surface area contributed by atoms with E-state index in [4.69, 9.17) is 39.2 Å². The Hall–Kier alpha value is -4.82. The quantitative estimate of drug-likeness (QED) is 0.0484. The van der Waals surface area contributed by atoms with Crippen LogP contribution >= 0.6 is 8.53 Å². The van der Waals surface area contributed by atoms with Gasteiger partial charge in [-0.05, 0) is 75.6 Å². The van der Waals surface area contributed by atoms with Gasteiger partial charge in [-0.25, -0.2) is 9.46 Å². The molecule has 1 aliphatic heterocycles. The number of aromatic nitrogens is 2. The molecule has 14 heteroatoms. The Labute approximate surface area is 335 Å². The molecule has 1 aromatic heterocycles. The third-order valence-electron chi connectivity index (χ3n) is 9.58. The minimum Gasteiger partial charge on any atom is -0.497 e. The SMILES string of the molecule is C#CCO[C@H]1[C@@H](OP(OCCC#N)N(C(C)C)C(C)C)[C@H](n2cc(C)c(=O)[nH]c2=O)O[C@@H]1COC(c1ccccc1)(c1ccc(OC)cc1)c1ccc(OC)cc1. The van der Waals surface area contributed by atoms with Crippen molar-refractivity contribution in [3.8, 4) is 29.9 Å². The summed E-state index contributed by atoms with van der Waals surface area (Å²) in [5.74, 6) is 3.90. The van der Waals surface area contributed by atoms with E-state index in [1.165, 1.54) is 10.8 Å². The lowest BCUT2D eigenvalue weighted by Gasteiger charge is -2.38. The molecule has 1 saturated heterocycles. The number of nitrogens with one attached hydrogen (secondary N) is 1. The van der Waals surface area contributed by atoms with Crippen LogP contribution in [0.4, 0.5) is 0 Å². The molecule has 0 spiro atoms. The Bertz CT molecular complexity index is 2040. The first-order valence-electron chi connectivity index (χ1n) is 18.7. The summed E-state index contributed by atoms with van der Waals surface area (Å²) in [6.45, 7) is 9.61. The normalized spacial score (nSPS) is 18.7. The number of methoxy groups -OCH3 is 2. The Morgan fingerprint density at radius 2 is 1.49 bits per heavy atom. The van der Waals surface area contributed by atoms with Crippen LogP contribution in [0.15, 0.2) is 94.6 Å². The molecule has 0 saturated carbocycles. The van der Waals surface area contributed by atoms with Gasteiger partial charge in [0.05, 0.1) is 39.9 Å². The number of nitriles is 1. The van der Waals surface area contributed by atoms with Gasteiger partial charge in [0.1, 0.15) is 42.0 Å². The number of terminal acetylenes is 1. The molecule has 3 aromatic carbocycles. The molecule has 4 aromatic rings. The zero-order valence-corrected chi connectivity index (χ0v) is 34.3. The van der Waals surface area contributed by atoms with Crippen molar-refractivity contribution in [2.75, 3.05) is 34.0 Å². The highest BCUT2D eigenvalue weighted by atomic mass is 31.2. The molecule has 0 amide bonds. The topological polar surface area (TPSA) is 146 Å². The number of hydrogen-bond acceptors (Lipinski definition) is 11. The molecule has 0 aliphatic carbocycles. The zero-order chi connectivity index (χ0) is 41.1. The fraction of sp³-hybridized carbons (Fsp3) is 0.419. The number of nitrogens with zero attached hydrogens (tertiary/aromatic N) is 3. The van der Waals surface area contributed by atoms with Crippen LogP contribution in [0.25, 0.3) is 0 Å². The van der Waals surface area contributed by atoms with Crippen LogP contribution in [0.2, 0.25) is 0 Å². The Kier molecular flexibility index (Phi) is 15.2. The van der Waals surface area contributed by atoms with Gasteiger partial charge in [0.15, 0.2) is 6.23 Å². The smallest absolute Gasteiger partial charge is 0.330 e. The van der Waals surface area contributed by atoms with Gasteiger partial charge in [0.25, 0.3) is 14.1 Å². The average Bonchev–Trinajstić information content (AvgIpc) is 3.55. The number of ether oxygens (including phenoxy) is 5. The number of benzene rings is 3. The maximum absolute atomic E-state index is 13.6. The Balaban J connectivity index is 1.66. The van der Waals surface area contributed by atoms with Crippen LogP contribution in [0.1, 0.15) is 62.6 Å². The number of hydrogen-bond donors (Lipinski definition) is 1. The van der Waals surface area contributed by atoms with Crippen LogP contribution in [0.3, 0.4) is 0 Å². The van der Waals surface area contributed by atoms with E-state index in [-0.39, 0.29) is 38.3 Å². The lowest BCUT2D eigenvalue weighted by molar-refractivity contribution is -0.102. The van der Waals surface area contributed by atoms with E-state index in [0.29, 0.717) is 17.1 Å². The second-order valence-corrected chi connectivity index (χ2v) is 15.4. The first-order chi connectivity index (χ1) is 27.5. The van der Waals surface area contributed by atoms with E-state index in [9.17, 15) is 14.9 Å². The van der Waals surface area contributed by atoms with Crippen molar-refractivity contribution in [2.24, 2.45) is 0 Å². The Morgan fingerprint density at radius 3 is 2.02 bits per heavy atom. The summed E-state index contributed by atoms with van der Waals surface area (Å²) in [6.07, 6.45) is 3.44. The lowest BCUT2D eigenvalue weighted by Crippen LogP contribution is -2.43. The molecule has 13 nitrogen and oxygen atoms in total. The third kappa shape index (κ3) is 9.84. The van der Waals surface area contributed by atoms with E-state index < -0.39 is 49.9 Å². The summed E-state index contributed by atoms with van der Waals surface area (Å²) in [4.78, 5) is 28.5. The van der Waals surface area contributed by atoms with E-state index >= 15 is 0 Å². The molecular formula is C43H51N4O9P. The fourth-order valence-electron chi connectivity index (χ4n) is 6.98. The van der Waals surface area contributed by atoms with Crippen molar-refractivity contribution in [1.82, 2.24) is 14.2 Å². The summed E-state index contributed by atoms with van der Waals surface area (Å²) >= 11 is 0. The van der Waals surface area contributed by atoms with Crippen LogP contribution in [0, 0.1) is 30.6 Å². The van der Waals surface area contributed by atoms with Crippen molar-refractivity contribution < 1.29 is 32.7 Å². The summed E-state index contributed by atoms with van der Waals surface area (Å²) in [7, 11) is 1.36. The maximum atomic E-state index is 13.6. The van der Waals surface area contributed by atoms with Crippen LogP contribution < -0.4 is 20.7 Å². The number of H-pyrrole nitrogens is 1. The van der Waals surface area contributed by atoms with Gasteiger partial charge in [-0.2, -0.15) is 5.26 Å². The first kappa shape index (κ1) is 43.3. The molecule has 0 radical (unpaired) electrons.